The Balaban J connectivity index is 2.16. The molecule has 0 radical (unpaired) electrons. The monoisotopic (exact) mass is 471 g/mol. The molecule has 1 rings (SSSR count). The first-order valence-electron chi connectivity index (χ1n) is 10.9. The van der Waals surface area contributed by atoms with Crippen molar-refractivity contribution in [3.8, 4) is 0 Å². The molecule has 0 unspecified atom stereocenters. The van der Waals surface area contributed by atoms with Crippen LogP contribution >= 0.6 is 0 Å². The lowest BCUT2D eigenvalue weighted by molar-refractivity contribution is -0.148. The van der Waals surface area contributed by atoms with E-state index in [4.69, 9.17) is 23.7 Å². The van der Waals surface area contributed by atoms with E-state index in [0.29, 0.717) is 58.5 Å². The molecule has 0 aliphatic rings. The highest BCUT2D eigenvalue weighted by Gasteiger charge is 2.20. The van der Waals surface area contributed by atoms with E-state index in [9.17, 15) is 9.59 Å². The Bertz CT molecular complexity index is 722. The number of aliphatic imine (C=N–C) groups is 1. The highest BCUT2D eigenvalue weighted by Crippen LogP contribution is 2.00. The van der Waals surface area contributed by atoms with Gasteiger partial charge >= 0.3 is 5.97 Å². The zero-order valence-corrected chi connectivity index (χ0v) is 20.2. The van der Waals surface area contributed by atoms with Crippen molar-refractivity contribution in [3.63, 3.8) is 0 Å². The first-order valence-corrected chi connectivity index (χ1v) is 10.9. The zero-order chi connectivity index (χ0) is 24.5. The SMILES string of the molecule is COCCOCCOCCOCCn1cc(COC(=O)[C@H](C)NC(=O)[C@H](C)N=C(C)C)nn1. The van der Waals surface area contributed by atoms with Gasteiger partial charge in [0.25, 0.3) is 0 Å². The number of hydrogen-bond donors (Lipinski definition) is 1. The van der Waals surface area contributed by atoms with Gasteiger partial charge in [0.05, 0.1) is 59.0 Å². The highest BCUT2D eigenvalue weighted by molar-refractivity contribution is 5.89. The van der Waals surface area contributed by atoms with Gasteiger partial charge < -0.3 is 29.0 Å². The number of carbonyl (C=O) groups excluding carboxylic acids is 2. The minimum atomic E-state index is -0.796. The minimum absolute atomic E-state index is 0.0397. The Hall–Kier alpha value is -2.41. The fourth-order valence-electron chi connectivity index (χ4n) is 2.47. The Kier molecular flexibility index (Phi) is 14.8. The van der Waals surface area contributed by atoms with E-state index >= 15 is 0 Å². The summed E-state index contributed by atoms with van der Waals surface area (Å²) < 4.78 is 27.9. The molecular formula is C21H37N5O7. The van der Waals surface area contributed by atoms with Gasteiger partial charge in [-0.3, -0.25) is 9.79 Å². The van der Waals surface area contributed by atoms with Crippen molar-refractivity contribution in [3.05, 3.63) is 11.9 Å². The molecule has 1 aromatic heterocycles. The molecule has 0 spiro atoms. The van der Waals surface area contributed by atoms with E-state index < -0.39 is 18.1 Å². The van der Waals surface area contributed by atoms with E-state index in [1.165, 1.54) is 0 Å². The first-order chi connectivity index (χ1) is 15.8. The Morgan fingerprint density at radius 3 is 2.24 bits per heavy atom. The van der Waals surface area contributed by atoms with Crippen molar-refractivity contribution in [1.82, 2.24) is 20.3 Å². The van der Waals surface area contributed by atoms with Crippen molar-refractivity contribution in [2.24, 2.45) is 4.99 Å². The molecule has 0 saturated heterocycles. The smallest absolute Gasteiger partial charge is 0.328 e. The van der Waals surface area contributed by atoms with Crippen LogP contribution in [0.5, 0.6) is 0 Å². The third kappa shape index (κ3) is 13.7. The Morgan fingerprint density at radius 1 is 1.03 bits per heavy atom. The molecule has 1 N–H and O–H groups in total. The lowest BCUT2D eigenvalue weighted by atomic mass is 10.2. The minimum Gasteiger partial charge on any atom is -0.458 e. The van der Waals surface area contributed by atoms with Crippen molar-refractivity contribution >= 4 is 17.6 Å². The largest absolute Gasteiger partial charge is 0.458 e. The molecular weight excluding hydrogens is 434 g/mol. The maximum atomic E-state index is 12.1. The van der Waals surface area contributed by atoms with Crippen LogP contribution in [-0.4, -0.2) is 98.0 Å². The van der Waals surface area contributed by atoms with Gasteiger partial charge in [-0.15, -0.1) is 5.10 Å². The van der Waals surface area contributed by atoms with Crippen molar-refractivity contribution in [1.29, 1.82) is 0 Å². The third-order valence-corrected chi connectivity index (χ3v) is 4.13. The number of amides is 1. The molecule has 1 aromatic rings. The standard InChI is InChI=1S/C21H37N5O7/c1-16(2)22-17(3)20(27)23-18(4)21(28)33-15-19-14-26(25-24-19)6-7-30-10-11-32-13-12-31-9-8-29-5/h14,17-18H,6-13,15H2,1-5H3,(H,23,27)/t17-,18-/m0/s1. The van der Waals surface area contributed by atoms with Gasteiger partial charge in [-0.1, -0.05) is 5.21 Å². The van der Waals surface area contributed by atoms with Crippen molar-refractivity contribution in [2.45, 2.75) is 52.9 Å². The van der Waals surface area contributed by atoms with Crippen LogP contribution in [0.25, 0.3) is 0 Å². The maximum Gasteiger partial charge on any atom is 0.328 e. The highest BCUT2D eigenvalue weighted by atomic mass is 16.6. The number of esters is 1. The molecule has 0 fully saturated rings. The predicted octanol–water partition coefficient (Wildman–Crippen LogP) is 0.392. The zero-order valence-electron chi connectivity index (χ0n) is 20.2. The van der Waals surface area contributed by atoms with Crippen molar-refractivity contribution < 1.29 is 33.3 Å². The van der Waals surface area contributed by atoms with Gasteiger partial charge in [0, 0.05) is 12.8 Å². The third-order valence-electron chi connectivity index (χ3n) is 4.13. The summed E-state index contributed by atoms with van der Waals surface area (Å²) in [6.07, 6.45) is 1.68. The fourth-order valence-corrected chi connectivity index (χ4v) is 2.47. The summed E-state index contributed by atoms with van der Waals surface area (Å²) in [5, 5.41) is 10.5. The van der Waals surface area contributed by atoms with Gasteiger partial charge in [0.15, 0.2) is 0 Å². The number of nitrogens with one attached hydrogen (secondary N) is 1. The summed E-state index contributed by atoms with van der Waals surface area (Å²) >= 11 is 0. The van der Waals surface area contributed by atoms with Crippen LogP contribution < -0.4 is 5.32 Å². The topological polar surface area (TPSA) is 135 Å². The normalized spacial score (nSPS) is 12.8. The van der Waals surface area contributed by atoms with Gasteiger partial charge in [-0.25, -0.2) is 9.48 Å². The number of methoxy groups -OCH3 is 1. The summed E-state index contributed by atoms with van der Waals surface area (Å²) in [5.41, 5.74) is 1.28. The molecule has 2 atom stereocenters. The molecule has 1 amide bonds. The van der Waals surface area contributed by atoms with Gasteiger partial charge in [0.1, 0.15) is 24.4 Å². The lowest BCUT2D eigenvalue weighted by Gasteiger charge is -2.14. The summed E-state index contributed by atoms with van der Waals surface area (Å²) in [6.45, 7) is 10.8. The molecule has 0 aromatic carbocycles. The van der Waals surface area contributed by atoms with Crippen LogP contribution in [-0.2, 0) is 46.4 Å². The van der Waals surface area contributed by atoms with Gasteiger partial charge in [-0.05, 0) is 27.7 Å². The molecule has 33 heavy (non-hydrogen) atoms. The molecule has 0 bridgehead atoms. The Morgan fingerprint density at radius 2 is 1.64 bits per heavy atom. The summed E-state index contributed by atoms with van der Waals surface area (Å²) in [4.78, 5) is 28.3. The fraction of sp³-hybridized carbons (Fsp3) is 0.762. The van der Waals surface area contributed by atoms with Crippen LogP contribution in [0.15, 0.2) is 11.2 Å². The molecule has 0 aliphatic heterocycles. The maximum absolute atomic E-state index is 12.1. The summed E-state index contributed by atoms with van der Waals surface area (Å²) in [6, 6.07) is -1.37. The summed E-state index contributed by atoms with van der Waals surface area (Å²) in [7, 11) is 1.63. The second-order valence-electron chi connectivity index (χ2n) is 7.39. The number of aromatic nitrogens is 3. The van der Waals surface area contributed by atoms with Crippen LogP contribution in [0.4, 0.5) is 0 Å². The van der Waals surface area contributed by atoms with E-state index in [-0.39, 0.29) is 12.5 Å². The quantitative estimate of drug-likeness (QED) is 0.183. The average molecular weight is 472 g/mol. The van der Waals surface area contributed by atoms with Crippen molar-refractivity contribution in [2.75, 3.05) is 53.4 Å². The van der Waals surface area contributed by atoms with Crippen LogP contribution in [0.3, 0.4) is 0 Å². The van der Waals surface area contributed by atoms with E-state index in [1.807, 2.05) is 0 Å². The molecule has 188 valence electrons. The second-order valence-corrected chi connectivity index (χ2v) is 7.39. The van der Waals surface area contributed by atoms with E-state index in [0.717, 1.165) is 5.71 Å². The number of rotatable bonds is 18. The van der Waals surface area contributed by atoms with Gasteiger partial charge in [0.2, 0.25) is 5.91 Å². The van der Waals surface area contributed by atoms with Crippen LogP contribution in [0, 0.1) is 0 Å². The molecule has 0 aliphatic carbocycles. The number of hydrogen-bond acceptors (Lipinski definition) is 10. The van der Waals surface area contributed by atoms with E-state index in [1.54, 1.807) is 45.7 Å². The lowest BCUT2D eigenvalue weighted by Crippen LogP contribution is -2.43. The number of ether oxygens (including phenoxy) is 5. The average Bonchev–Trinajstić information content (AvgIpc) is 3.23. The number of carbonyl (C=O) groups is 2. The molecule has 12 heteroatoms. The molecule has 0 saturated carbocycles. The predicted molar refractivity (Wildman–Crippen MR) is 120 cm³/mol. The second kappa shape index (κ2) is 17.1. The van der Waals surface area contributed by atoms with Crippen LogP contribution in [0.1, 0.15) is 33.4 Å². The molecule has 1 heterocycles. The van der Waals surface area contributed by atoms with Crippen LogP contribution in [0.2, 0.25) is 0 Å². The van der Waals surface area contributed by atoms with Gasteiger partial charge in [-0.2, -0.15) is 0 Å². The first kappa shape index (κ1) is 28.6. The molecule has 12 nitrogen and oxygen atoms in total. The Labute approximate surface area is 194 Å². The van der Waals surface area contributed by atoms with E-state index in [2.05, 4.69) is 20.6 Å². The summed E-state index contributed by atoms with van der Waals surface area (Å²) in [5.74, 6) is -0.901. The number of nitrogens with zero attached hydrogens (tertiary/aromatic N) is 4.